The molecule has 0 aliphatic carbocycles. The van der Waals surface area contributed by atoms with Crippen molar-refractivity contribution in [1.82, 2.24) is 10.0 Å². The minimum atomic E-state index is -3.49. The van der Waals surface area contributed by atoms with Gasteiger partial charge in [-0.3, -0.25) is 4.79 Å². The van der Waals surface area contributed by atoms with Crippen LogP contribution < -0.4 is 15.8 Å². The molecule has 0 atom stereocenters. The van der Waals surface area contributed by atoms with E-state index in [1.165, 1.54) is 0 Å². The molecule has 1 amide bonds. The summed E-state index contributed by atoms with van der Waals surface area (Å²) >= 11 is 4.48. The number of sulfonamides is 1. The smallest absolute Gasteiger partial charge is 0.221 e. The van der Waals surface area contributed by atoms with Crippen LogP contribution in [0.5, 0.6) is 0 Å². The molecule has 0 aromatic rings. The summed E-state index contributed by atoms with van der Waals surface area (Å²) in [6, 6.07) is 0. The van der Waals surface area contributed by atoms with Crippen molar-refractivity contribution in [3.05, 3.63) is 0 Å². The second-order valence-corrected chi connectivity index (χ2v) is 5.55. The van der Waals surface area contributed by atoms with E-state index in [0.717, 1.165) is 6.42 Å². The first kappa shape index (κ1) is 15.3. The van der Waals surface area contributed by atoms with Crippen LogP contribution in [0, 0.1) is 0 Å². The van der Waals surface area contributed by atoms with Crippen molar-refractivity contribution in [2.24, 2.45) is 5.73 Å². The predicted molar refractivity (Wildman–Crippen MR) is 66.5 cm³/mol. The summed E-state index contributed by atoms with van der Waals surface area (Å²) in [7, 11) is -3.49. The van der Waals surface area contributed by atoms with E-state index in [9.17, 15) is 13.2 Å². The third-order valence-corrected chi connectivity index (χ3v) is 3.24. The van der Waals surface area contributed by atoms with Gasteiger partial charge in [0.25, 0.3) is 0 Å². The number of hydrogen-bond acceptors (Lipinski definition) is 4. The minimum absolute atomic E-state index is 0.0560. The van der Waals surface area contributed by atoms with E-state index in [2.05, 4.69) is 22.3 Å². The lowest BCUT2D eigenvalue weighted by atomic mass is 10.4. The fourth-order valence-corrected chi connectivity index (χ4v) is 2.27. The fourth-order valence-electron chi connectivity index (χ4n) is 0.911. The Morgan fingerprint density at radius 2 is 2.00 bits per heavy atom. The first-order valence-corrected chi connectivity index (χ1v) is 6.95. The average Bonchev–Trinajstić information content (AvgIpc) is 2.12. The summed E-state index contributed by atoms with van der Waals surface area (Å²) in [5.74, 6) is -0.571. The molecule has 0 aromatic carbocycles. The third-order valence-electron chi connectivity index (χ3n) is 1.58. The van der Waals surface area contributed by atoms with Crippen molar-refractivity contribution in [3.8, 4) is 0 Å². The van der Waals surface area contributed by atoms with E-state index >= 15 is 0 Å². The SMILES string of the molecule is CCCNC(=O)CCNS(=O)(=O)CC(N)=S. The summed E-state index contributed by atoms with van der Waals surface area (Å²) in [5.41, 5.74) is 5.11. The first-order chi connectivity index (χ1) is 7.37. The standard InChI is InChI=1S/C8H17N3O3S2/c1-2-4-10-8(12)3-5-11-16(13,14)6-7(9)15/h11H,2-6H2,1H3,(H2,9,15)(H,10,12). The zero-order valence-electron chi connectivity index (χ0n) is 9.15. The Morgan fingerprint density at radius 1 is 1.38 bits per heavy atom. The second-order valence-electron chi connectivity index (χ2n) is 3.22. The molecule has 0 saturated carbocycles. The van der Waals surface area contributed by atoms with Gasteiger partial charge in [0, 0.05) is 19.5 Å². The molecule has 8 heteroatoms. The highest BCUT2D eigenvalue weighted by atomic mass is 32.2. The van der Waals surface area contributed by atoms with Crippen LogP contribution in [-0.4, -0.2) is 38.2 Å². The summed E-state index contributed by atoms with van der Waals surface area (Å²) in [4.78, 5) is 11.0. The van der Waals surface area contributed by atoms with Crippen molar-refractivity contribution in [2.75, 3.05) is 18.8 Å². The lowest BCUT2D eigenvalue weighted by Gasteiger charge is -2.06. The van der Waals surface area contributed by atoms with Crippen LogP contribution in [0.25, 0.3) is 0 Å². The van der Waals surface area contributed by atoms with Crippen molar-refractivity contribution < 1.29 is 13.2 Å². The van der Waals surface area contributed by atoms with Gasteiger partial charge in [0.05, 0.1) is 4.99 Å². The Balaban J connectivity index is 3.81. The van der Waals surface area contributed by atoms with Gasteiger partial charge in [-0.15, -0.1) is 0 Å². The number of nitrogens with one attached hydrogen (secondary N) is 2. The molecular formula is C8H17N3O3S2. The molecule has 0 fully saturated rings. The van der Waals surface area contributed by atoms with Gasteiger partial charge in [-0.1, -0.05) is 19.1 Å². The van der Waals surface area contributed by atoms with Gasteiger partial charge in [0.2, 0.25) is 15.9 Å². The van der Waals surface area contributed by atoms with Crippen molar-refractivity contribution in [2.45, 2.75) is 19.8 Å². The van der Waals surface area contributed by atoms with Gasteiger partial charge in [0.15, 0.2) is 0 Å². The van der Waals surface area contributed by atoms with E-state index in [4.69, 9.17) is 5.73 Å². The lowest BCUT2D eigenvalue weighted by Crippen LogP contribution is -2.35. The Kier molecular flexibility index (Phi) is 7.18. The Labute approximate surface area is 101 Å². The topological polar surface area (TPSA) is 101 Å². The third kappa shape index (κ3) is 8.57. The van der Waals surface area contributed by atoms with Crippen LogP contribution in [0.4, 0.5) is 0 Å². The highest BCUT2D eigenvalue weighted by Crippen LogP contribution is 1.86. The first-order valence-electron chi connectivity index (χ1n) is 4.89. The van der Waals surface area contributed by atoms with Crippen molar-refractivity contribution >= 4 is 33.1 Å². The van der Waals surface area contributed by atoms with Gasteiger partial charge in [-0.25, -0.2) is 13.1 Å². The number of nitrogens with two attached hydrogens (primary N) is 1. The van der Waals surface area contributed by atoms with Crippen LogP contribution >= 0.6 is 12.2 Å². The van der Waals surface area contributed by atoms with Gasteiger partial charge in [-0.05, 0) is 6.42 Å². The molecule has 16 heavy (non-hydrogen) atoms. The van der Waals surface area contributed by atoms with Gasteiger partial charge < -0.3 is 11.1 Å². The Hall–Kier alpha value is -0.730. The molecule has 94 valence electrons. The van der Waals surface area contributed by atoms with Gasteiger partial charge in [-0.2, -0.15) is 0 Å². The van der Waals surface area contributed by atoms with Crippen LogP contribution in [0.3, 0.4) is 0 Å². The molecule has 0 spiro atoms. The molecule has 0 aliphatic rings. The zero-order chi connectivity index (χ0) is 12.6. The molecule has 4 N–H and O–H groups in total. The molecular weight excluding hydrogens is 250 g/mol. The maximum atomic E-state index is 11.2. The molecule has 0 heterocycles. The minimum Gasteiger partial charge on any atom is -0.392 e. The van der Waals surface area contributed by atoms with Crippen LogP contribution in [-0.2, 0) is 14.8 Å². The molecule has 0 unspecified atom stereocenters. The number of carbonyl (C=O) groups is 1. The van der Waals surface area contributed by atoms with Gasteiger partial charge >= 0.3 is 0 Å². The van der Waals surface area contributed by atoms with E-state index in [1.54, 1.807) is 0 Å². The molecule has 0 bridgehead atoms. The van der Waals surface area contributed by atoms with Crippen LogP contribution in [0.15, 0.2) is 0 Å². The van der Waals surface area contributed by atoms with E-state index in [-0.39, 0.29) is 29.6 Å². The zero-order valence-corrected chi connectivity index (χ0v) is 10.8. The quantitative estimate of drug-likeness (QED) is 0.495. The molecule has 0 aliphatic heterocycles. The van der Waals surface area contributed by atoms with Gasteiger partial charge in [0.1, 0.15) is 5.75 Å². The van der Waals surface area contributed by atoms with Crippen molar-refractivity contribution in [3.63, 3.8) is 0 Å². The lowest BCUT2D eigenvalue weighted by molar-refractivity contribution is -0.120. The summed E-state index contributed by atoms with van der Waals surface area (Å²) < 4.78 is 24.7. The molecule has 0 saturated heterocycles. The predicted octanol–water partition coefficient (Wildman–Crippen LogP) is -0.892. The molecule has 0 rings (SSSR count). The Bertz CT molecular complexity index is 340. The molecule has 6 nitrogen and oxygen atoms in total. The summed E-state index contributed by atoms with van der Waals surface area (Å²) in [6.45, 7) is 2.59. The number of carbonyl (C=O) groups excluding carboxylic acids is 1. The second kappa shape index (κ2) is 7.53. The molecule has 0 radical (unpaired) electrons. The normalized spacial score (nSPS) is 11.1. The number of thiocarbonyl (C=S) groups is 1. The number of rotatable bonds is 8. The van der Waals surface area contributed by atoms with Crippen LogP contribution in [0.2, 0.25) is 0 Å². The van der Waals surface area contributed by atoms with Crippen LogP contribution in [0.1, 0.15) is 19.8 Å². The fraction of sp³-hybridized carbons (Fsp3) is 0.750. The van der Waals surface area contributed by atoms with E-state index < -0.39 is 10.0 Å². The Morgan fingerprint density at radius 3 is 2.50 bits per heavy atom. The summed E-state index contributed by atoms with van der Waals surface area (Å²) in [6.07, 6.45) is 0.954. The van der Waals surface area contributed by atoms with E-state index in [0.29, 0.717) is 6.54 Å². The van der Waals surface area contributed by atoms with Crippen molar-refractivity contribution in [1.29, 1.82) is 0 Å². The average molecular weight is 267 g/mol. The highest BCUT2D eigenvalue weighted by Gasteiger charge is 2.11. The number of amides is 1. The van der Waals surface area contributed by atoms with E-state index in [1.807, 2.05) is 6.92 Å². The maximum Gasteiger partial charge on any atom is 0.221 e. The maximum absolute atomic E-state index is 11.2. The number of hydrogen-bond donors (Lipinski definition) is 3. The highest BCUT2D eigenvalue weighted by molar-refractivity contribution is 7.92. The largest absolute Gasteiger partial charge is 0.392 e. The monoisotopic (exact) mass is 267 g/mol. The molecule has 0 aromatic heterocycles. The summed E-state index contributed by atoms with van der Waals surface area (Å²) in [5, 5.41) is 2.64.